The summed E-state index contributed by atoms with van der Waals surface area (Å²) in [5, 5.41) is 10.8. The molecular weight excluding hydrogens is 283 g/mol. The fourth-order valence-electron chi connectivity index (χ4n) is 1.03. The highest BCUT2D eigenvalue weighted by Gasteiger charge is 2.07. The van der Waals surface area contributed by atoms with E-state index in [0.29, 0.717) is 11.0 Å². The van der Waals surface area contributed by atoms with Gasteiger partial charge in [-0.1, -0.05) is 22.6 Å². The first-order valence-electron chi connectivity index (χ1n) is 4.63. The molecule has 0 saturated heterocycles. The number of quaternary nitrogens is 2. The van der Waals surface area contributed by atoms with Gasteiger partial charge < -0.3 is 16.0 Å². The van der Waals surface area contributed by atoms with Crippen molar-refractivity contribution in [1.29, 1.82) is 0 Å². The van der Waals surface area contributed by atoms with E-state index >= 15 is 0 Å². The number of hydrogen-bond donors (Lipinski definition) is 2. The minimum Gasteiger partial charge on any atom is -0.627 e. The third-order valence-electron chi connectivity index (χ3n) is 1.84. The van der Waals surface area contributed by atoms with Crippen molar-refractivity contribution in [2.24, 2.45) is 0 Å². The molecule has 0 heterocycles. The Bertz CT molecular complexity index is 144. The highest BCUT2D eigenvalue weighted by atomic mass is 127. The monoisotopic (exact) mass is 301 g/mol. The summed E-state index contributed by atoms with van der Waals surface area (Å²) in [7, 11) is 0. The van der Waals surface area contributed by atoms with E-state index in [4.69, 9.17) is 0 Å². The van der Waals surface area contributed by atoms with E-state index in [9.17, 15) is 10.0 Å². The van der Waals surface area contributed by atoms with Crippen LogP contribution < -0.4 is 10.8 Å². The minimum absolute atomic E-state index is 0.205. The first-order chi connectivity index (χ1) is 6.22. The molecule has 0 spiro atoms. The normalized spacial score (nSPS) is 12.8. The minimum atomic E-state index is -0.238. The van der Waals surface area contributed by atoms with Crippen molar-refractivity contribution in [1.82, 2.24) is 0 Å². The number of nitrogens with one attached hydrogen (secondary N) is 1. The van der Waals surface area contributed by atoms with Gasteiger partial charge >= 0.3 is 5.91 Å². The summed E-state index contributed by atoms with van der Waals surface area (Å²) < 4.78 is 0.315. The number of rotatable bonds is 7. The molecule has 0 aliphatic heterocycles. The van der Waals surface area contributed by atoms with Gasteiger partial charge in [0.2, 0.25) is 0 Å². The van der Waals surface area contributed by atoms with E-state index in [-0.39, 0.29) is 11.0 Å². The number of carbonyl (C=O) groups is 1. The van der Waals surface area contributed by atoms with Crippen LogP contribution in [-0.2, 0) is 4.79 Å². The molecule has 0 aliphatic rings. The van der Waals surface area contributed by atoms with Crippen molar-refractivity contribution in [2.75, 3.05) is 17.5 Å². The van der Waals surface area contributed by atoms with Crippen molar-refractivity contribution < 1.29 is 15.6 Å². The highest BCUT2D eigenvalue weighted by Crippen LogP contribution is 1.95. The van der Waals surface area contributed by atoms with E-state index in [1.807, 2.05) is 22.6 Å². The molecule has 4 N–H and O–H groups in total. The van der Waals surface area contributed by atoms with Crippen LogP contribution in [0.4, 0.5) is 0 Å². The number of carbonyl (C=O) groups excluding carboxylic acids is 1. The number of hydroxylamine groups is 2. The average Bonchev–Trinajstić information content (AvgIpc) is 2.16. The Morgan fingerprint density at radius 3 is 2.46 bits per heavy atom. The van der Waals surface area contributed by atoms with Gasteiger partial charge in [-0.2, -0.15) is 0 Å². The molecule has 0 aromatic heterocycles. The topological polar surface area (TPSA) is 72.2 Å². The molecule has 0 saturated carbocycles. The molecular formula is C8H18IN2O2+. The van der Waals surface area contributed by atoms with Crippen LogP contribution in [0.1, 0.15) is 25.7 Å². The quantitative estimate of drug-likeness (QED) is 0.278. The zero-order valence-corrected chi connectivity index (χ0v) is 10.0. The summed E-state index contributed by atoms with van der Waals surface area (Å²) >= 11 is 1.92. The van der Waals surface area contributed by atoms with Crippen LogP contribution in [0.25, 0.3) is 0 Å². The maximum Gasteiger partial charge on any atom is 0.321 e. The summed E-state index contributed by atoms with van der Waals surface area (Å²) in [6, 6.07) is 0. The Balaban J connectivity index is 3.26. The maximum atomic E-state index is 11.0. The van der Waals surface area contributed by atoms with Crippen LogP contribution in [0, 0.1) is 5.21 Å². The smallest absolute Gasteiger partial charge is 0.321 e. The summed E-state index contributed by atoms with van der Waals surface area (Å²) in [6.07, 6.45) is 4.13. The summed E-state index contributed by atoms with van der Waals surface area (Å²) in [4.78, 5) is 10.9. The molecule has 0 fully saturated rings. The number of alkyl halides is 1. The lowest BCUT2D eigenvalue weighted by atomic mass is 10.2. The number of hydrogen-bond acceptors (Lipinski definition) is 2. The molecule has 1 amide bonds. The average molecular weight is 301 g/mol. The predicted molar refractivity (Wildman–Crippen MR) is 59.3 cm³/mol. The van der Waals surface area contributed by atoms with E-state index in [0.717, 1.165) is 32.2 Å². The summed E-state index contributed by atoms with van der Waals surface area (Å²) in [5.41, 5.74) is 3.74. The Kier molecular flexibility index (Phi) is 9.05. The van der Waals surface area contributed by atoms with E-state index < -0.39 is 0 Å². The molecule has 1 unspecified atom stereocenters. The maximum absolute atomic E-state index is 11.0. The number of halogens is 1. The number of amides is 1. The lowest BCUT2D eigenvalue weighted by Gasteiger charge is -2.17. The van der Waals surface area contributed by atoms with Crippen LogP contribution >= 0.6 is 22.6 Å². The van der Waals surface area contributed by atoms with Crippen molar-refractivity contribution in [3.05, 3.63) is 5.21 Å². The molecule has 4 nitrogen and oxygen atoms in total. The summed E-state index contributed by atoms with van der Waals surface area (Å²) in [5.74, 6) is -0.238. The number of unbranched alkanes of at least 4 members (excludes halogenated alkanes) is 3. The second-order valence-corrected chi connectivity index (χ2v) is 3.76. The zero-order chi connectivity index (χ0) is 10.1. The van der Waals surface area contributed by atoms with Gasteiger partial charge in [0, 0.05) is 0 Å². The lowest BCUT2D eigenvalue weighted by Crippen LogP contribution is -3.10. The van der Waals surface area contributed by atoms with Gasteiger partial charge in [-0.05, 0) is 25.7 Å². The Morgan fingerprint density at radius 2 is 1.92 bits per heavy atom. The lowest BCUT2D eigenvalue weighted by molar-refractivity contribution is -0.764. The largest absolute Gasteiger partial charge is 0.627 e. The van der Waals surface area contributed by atoms with Crippen molar-refractivity contribution >= 4 is 28.5 Å². The van der Waals surface area contributed by atoms with Gasteiger partial charge in [-0.15, -0.1) is 0 Å². The highest BCUT2D eigenvalue weighted by molar-refractivity contribution is 14.1. The fourth-order valence-corrected chi connectivity index (χ4v) is 1.46. The van der Waals surface area contributed by atoms with Crippen LogP contribution in [-0.4, -0.2) is 23.4 Å². The van der Waals surface area contributed by atoms with Crippen molar-refractivity contribution in [3.63, 3.8) is 0 Å². The van der Waals surface area contributed by atoms with Gasteiger partial charge in [0.05, 0.1) is 13.1 Å². The van der Waals surface area contributed by atoms with Crippen LogP contribution in [0.2, 0.25) is 0 Å². The zero-order valence-electron chi connectivity index (χ0n) is 7.85. The Morgan fingerprint density at radius 1 is 1.31 bits per heavy atom. The molecule has 78 valence electrons. The van der Waals surface area contributed by atoms with Gasteiger partial charge in [0.15, 0.2) is 0 Å². The molecule has 0 aromatic rings. The van der Waals surface area contributed by atoms with Crippen molar-refractivity contribution in [2.45, 2.75) is 25.7 Å². The third kappa shape index (κ3) is 7.36. The second kappa shape index (κ2) is 8.86. The predicted octanol–water partition coefficient (Wildman–Crippen LogP) is -0.867. The molecule has 0 radical (unpaired) electrons. The van der Waals surface area contributed by atoms with E-state index in [1.165, 1.54) is 0 Å². The molecule has 0 bridgehead atoms. The first kappa shape index (κ1) is 13.3. The molecule has 1 atom stereocenters. The van der Waals surface area contributed by atoms with Gasteiger partial charge in [0.1, 0.15) is 4.43 Å². The molecule has 0 rings (SSSR count). The van der Waals surface area contributed by atoms with Crippen LogP contribution in [0.15, 0.2) is 0 Å². The van der Waals surface area contributed by atoms with E-state index in [1.54, 1.807) is 0 Å². The van der Waals surface area contributed by atoms with Crippen LogP contribution in [0.3, 0.4) is 0 Å². The van der Waals surface area contributed by atoms with Crippen LogP contribution in [0.5, 0.6) is 0 Å². The Labute approximate surface area is 92.6 Å². The molecule has 13 heavy (non-hydrogen) atoms. The van der Waals surface area contributed by atoms with Gasteiger partial charge in [0.25, 0.3) is 0 Å². The first-order valence-corrected chi connectivity index (χ1v) is 6.16. The van der Waals surface area contributed by atoms with Gasteiger partial charge in [-0.25, -0.2) is 4.79 Å². The summed E-state index contributed by atoms with van der Waals surface area (Å²) in [6.45, 7) is 1.39. The molecule has 0 aliphatic carbocycles. The Hall–Kier alpha value is 0.280. The standard InChI is InChI=1S/C8H17IN2O2/c9-7-8(12)11(13)6-4-2-1-3-5-10/h11H,1-7,10H2/p+1. The molecule has 0 aromatic carbocycles. The second-order valence-electron chi connectivity index (χ2n) is 3.00. The fraction of sp³-hybridized carbons (Fsp3) is 0.875. The SMILES string of the molecule is [NH3+]CCCCCC[NH+]([O-])C(=O)CI. The molecule has 5 heteroatoms. The van der Waals surface area contributed by atoms with E-state index in [2.05, 4.69) is 5.73 Å². The van der Waals surface area contributed by atoms with Crippen molar-refractivity contribution in [3.8, 4) is 0 Å². The van der Waals surface area contributed by atoms with Gasteiger partial charge in [-0.3, -0.25) is 0 Å². The third-order valence-corrected chi connectivity index (χ3v) is 2.53.